The fourth-order valence-electron chi connectivity index (χ4n) is 3.39. The van der Waals surface area contributed by atoms with Crippen molar-refractivity contribution in [1.29, 1.82) is 0 Å². The summed E-state index contributed by atoms with van der Waals surface area (Å²) in [6.07, 6.45) is 2.57. The lowest BCUT2D eigenvalue weighted by Crippen LogP contribution is -2.28. The normalized spacial score (nSPS) is 15.0. The van der Waals surface area contributed by atoms with Crippen LogP contribution in [0.1, 0.15) is 87.9 Å². The first kappa shape index (κ1) is 30.0. The molecule has 2 heterocycles. The molecule has 4 rings (SSSR count). The maximum absolute atomic E-state index is 12.0. The van der Waals surface area contributed by atoms with Gasteiger partial charge >= 0.3 is 11.9 Å². The van der Waals surface area contributed by atoms with E-state index in [9.17, 15) is 19.2 Å². The third-order valence-corrected chi connectivity index (χ3v) is 9.10. The van der Waals surface area contributed by atoms with Crippen molar-refractivity contribution in [3.8, 4) is 11.5 Å². The minimum absolute atomic E-state index is 0.126. The molecule has 0 aromatic heterocycles. The molecule has 0 bridgehead atoms. The van der Waals surface area contributed by atoms with Crippen LogP contribution in [0, 0.1) is 10.8 Å². The van der Waals surface area contributed by atoms with Gasteiger partial charge in [-0.25, -0.2) is 0 Å². The zero-order valence-corrected chi connectivity index (χ0v) is 24.6. The second kappa shape index (κ2) is 12.5. The zero-order valence-electron chi connectivity index (χ0n) is 23.0. The van der Waals surface area contributed by atoms with Crippen LogP contribution in [0.2, 0.25) is 0 Å². The first-order chi connectivity index (χ1) is 17.9. The molecule has 0 radical (unpaired) electrons. The van der Waals surface area contributed by atoms with Gasteiger partial charge in [-0.05, 0) is 76.9 Å². The predicted molar refractivity (Wildman–Crippen MR) is 152 cm³/mol. The number of benzene rings is 2. The van der Waals surface area contributed by atoms with Gasteiger partial charge in [0.05, 0.1) is 10.8 Å². The van der Waals surface area contributed by atoms with E-state index in [4.69, 9.17) is 9.47 Å². The fraction of sp³-hybridized carbons (Fsp3) is 0.467. The Morgan fingerprint density at radius 2 is 1.18 bits per heavy atom. The molecule has 0 spiro atoms. The molecule has 204 valence electrons. The summed E-state index contributed by atoms with van der Waals surface area (Å²) in [5, 5.41) is 0. The molecule has 0 saturated heterocycles. The van der Waals surface area contributed by atoms with Crippen molar-refractivity contribution in [3.05, 3.63) is 47.5 Å². The third-order valence-electron chi connectivity index (χ3n) is 6.97. The van der Waals surface area contributed by atoms with Gasteiger partial charge in [0, 0.05) is 45.3 Å². The number of rotatable bonds is 6. The lowest BCUT2D eigenvalue weighted by atomic mass is 9.91. The van der Waals surface area contributed by atoms with Crippen LogP contribution in [0.25, 0.3) is 0 Å². The summed E-state index contributed by atoms with van der Waals surface area (Å²) in [6.45, 7) is 11.4. The molecule has 8 heteroatoms. The van der Waals surface area contributed by atoms with E-state index in [-0.39, 0.29) is 23.5 Å². The summed E-state index contributed by atoms with van der Waals surface area (Å²) in [5.41, 5.74) is 0.426. The summed E-state index contributed by atoms with van der Waals surface area (Å²) in [4.78, 5) is 49.4. The molecule has 0 N–H and O–H groups in total. The van der Waals surface area contributed by atoms with Crippen molar-refractivity contribution in [2.24, 2.45) is 10.8 Å². The lowest BCUT2D eigenvalue weighted by Gasteiger charge is -2.21. The van der Waals surface area contributed by atoms with E-state index >= 15 is 0 Å². The van der Waals surface area contributed by atoms with Crippen LogP contribution in [-0.2, 0) is 9.59 Å². The summed E-state index contributed by atoms with van der Waals surface area (Å²) in [6, 6.07) is 10.6. The number of thioether (sulfide) groups is 2. The van der Waals surface area contributed by atoms with E-state index in [1.807, 2.05) is 47.6 Å². The summed E-state index contributed by atoms with van der Waals surface area (Å²) in [5.74, 6) is 2.40. The second-order valence-electron chi connectivity index (χ2n) is 10.6. The van der Waals surface area contributed by atoms with Crippen LogP contribution < -0.4 is 9.47 Å². The molecular weight excluding hydrogens is 520 g/mol. The Hall–Kier alpha value is -2.58. The molecule has 0 amide bonds. The minimum atomic E-state index is -0.505. The van der Waals surface area contributed by atoms with E-state index in [0.717, 1.165) is 33.3 Å². The number of carbonyl (C=O) groups excluding carboxylic acids is 4. The molecule has 0 saturated carbocycles. The third kappa shape index (κ3) is 7.29. The van der Waals surface area contributed by atoms with E-state index in [1.165, 1.54) is 0 Å². The number of ether oxygens (including phenoxy) is 2. The molecule has 0 aliphatic carbocycles. The SMILES string of the molecule is CCC(C)(C)C(=O)Oc1ccc2c(c1)C(=O)CCS2.CCC(C)(C)C(=O)Oc1ccc2c(c1)SCCC2=O. The van der Waals surface area contributed by atoms with Crippen LogP contribution in [0.15, 0.2) is 46.2 Å². The zero-order chi connectivity index (χ0) is 28.1. The molecule has 6 nitrogen and oxygen atoms in total. The summed E-state index contributed by atoms with van der Waals surface area (Å²) >= 11 is 3.30. The van der Waals surface area contributed by atoms with Gasteiger partial charge in [-0.2, -0.15) is 0 Å². The standard InChI is InChI=1S/2C15H18O3S/c1-4-15(2,3)14(17)18-10-5-6-13-11(9-10)12(16)7-8-19-13;1-4-15(2,3)14(17)18-10-5-6-11-12(16)7-8-19-13(11)9-10/h2*5-6,9H,4,7-8H2,1-3H3. The number of fused-ring (bicyclic) bond motifs is 2. The number of ketones is 2. The molecule has 0 atom stereocenters. The molecule has 2 aliphatic heterocycles. The number of hydrogen-bond donors (Lipinski definition) is 0. The Morgan fingerprint density at radius 1 is 0.711 bits per heavy atom. The van der Waals surface area contributed by atoms with Crippen molar-refractivity contribution in [3.63, 3.8) is 0 Å². The van der Waals surface area contributed by atoms with Gasteiger partial charge < -0.3 is 9.47 Å². The van der Waals surface area contributed by atoms with Gasteiger partial charge in [0.25, 0.3) is 0 Å². The average Bonchev–Trinajstić information content (AvgIpc) is 2.89. The maximum Gasteiger partial charge on any atom is 0.316 e. The van der Waals surface area contributed by atoms with Gasteiger partial charge in [-0.1, -0.05) is 13.8 Å². The smallest absolute Gasteiger partial charge is 0.316 e. The number of hydrogen-bond acceptors (Lipinski definition) is 8. The van der Waals surface area contributed by atoms with Crippen molar-refractivity contribution in [2.75, 3.05) is 11.5 Å². The fourth-order valence-corrected chi connectivity index (χ4v) is 5.43. The van der Waals surface area contributed by atoms with Gasteiger partial charge in [0.1, 0.15) is 11.5 Å². The molecule has 0 fully saturated rings. The molecule has 2 aromatic rings. The number of carbonyl (C=O) groups is 4. The van der Waals surface area contributed by atoms with E-state index < -0.39 is 10.8 Å². The maximum atomic E-state index is 12.0. The number of Topliss-reactive ketones (excluding diaryl/α,β-unsaturated/α-hetero) is 2. The Kier molecular flexibility index (Phi) is 9.87. The van der Waals surface area contributed by atoms with Crippen molar-refractivity contribution in [1.82, 2.24) is 0 Å². The Morgan fingerprint density at radius 3 is 1.74 bits per heavy atom. The largest absolute Gasteiger partial charge is 0.426 e. The molecular formula is C30H36O6S2. The van der Waals surface area contributed by atoms with Crippen molar-refractivity contribution in [2.45, 2.75) is 77.0 Å². The minimum Gasteiger partial charge on any atom is -0.426 e. The highest BCUT2D eigenvalue weighted by Crippen LogP contribution is 2.35. The van der Waals surface area contributed by atoms with E-state index in [1.54, 1.807) is 53.9 Å². The van der Waals surface area contributed by atoms with Crippen molar-refractivity contribution >= 4 is 47.0 Å². The number of esters is 2. The quantitative estimate of drug-likeness (QED) is 0.268. The Balaban J connectivity index is 0.000000211. The van der Waals surface area contributed by atoms with E-state index in [2.05, 4.69) is 0 Å². The summed E-state index contributed by atoms with van der Waals surface area (Å²) in [7, 11) is 0. The second-order valence-corrected chi connectivity index (χ2v) is 12.9. The van der Waals surface area contributed by atoms with Crippen LogP contribution in [0.4, 0.5) is 0 Å². The van der Waals surface area contributed by atoms with Gasteiger partial charge in [0.2, 0.25) is 0 Å². The molecule has 2 aromatic carbocycles. The van der Waals surface area contributed by atoms with Crippen LogP contribution in [0.3, 0.4) is 0 Å². The molecule has 38 heavy (non-hydrogen) atoms. The molecule has 0 unspecified atom stereocenters. The molecule has 2 aliphatic rings. The van der Waals surface area contributed by atoms with Gasteiger partial charge in [-0.15, -0.1) is 23.5 Å². The highest BCUT2D eigenvalue weighted by Gasteiger charge is 2.29. The topological polar surface area (TPSA) is 86.7 Å². The van der Waals surface area contributed by atoms with Crippen LogP contribution >= 0.6 is 23.5 Å². The van der Waals surface area contributed by atoms with Crippen molar-refractivity contribution < 1.29 is 28.7 Å². The highest BCUT2D eigenvalue weighted by molar-refractivity contribution is 7.99. The predicted octanol–water partition coefficient (Wildman–Crippen LogP) is 7.41. The first-order valence-electron chi connectivity index (χ1n) is 12.9. The van der Waals surface area contributed by atoms with E-state index in [0.29, 0.717) is 36.3 Å². The highest BCUT2D eigenvalue weighted by atomic mass is 32.2. The Labute approximate surface area is 233 Å². The monoisotopic (exact) mass is 556 g/mol. The first-order valence-corrected chi connectivity index (χ1v) is 14.9. The lowest BCUT2D eigenvalue weighted by molar-refractivity contribution is -0.144. The van der Waals surface area contributed by atoms with Gasteiger partial charge in [0.15, 0.2) is 11.6 Å². The summed E-state index contributed by atoms with van der Waals surface area (Å²) < 4.78 is 10.8. The average molecular weight is 557 g/mol. The Bertz CT molecular complexity index is 1230. The van der Waals surface area contributed by atoms with Crippen LogP contribution in [-0.4, -0.2) is 35.0 Å². The van der Waals surface area contributed by atoms with Crippen LogP contribution in [0.5, 0.6) is 11.5 Å². The van der Waals surface area contributed by atoms with Gasteiger partial charge in [-0.3, -0.25) is 19.2 Å².